The Labute approximate surface area is 105 Å². The standard InChI is InChI=1S/C13H15N5/c1-8-7-12(18-17-8)16-13-10-5-3-4-6-11(10)14-9(2)15-13/h3-6,8,17H,7H2,1-2H3,(H,14,15,16,18). The molecule has 5 heteroatoms. The van der Waals surface area contributed by atoms with Crippen molar-refractivity contribution in [3.05, 3.63) is 30.1 Å². The number of rotatable bonds is 1. The van der Waals surface area contributed by atoms with Gasteiger partial charge >= 0.3 is 0 Å². The predicted molar refractivity (Wildman–Crippen MR) is 71.7 cm³/mol. The lowest BCUT2D eigenvalue weighted by atomic mass is 10.2. The Morgan fingerprint density at radius 1 is 1.28 bits per heavy atom. The van der Waals surface area contributed by atoms with Crippen LogP contribution in [0.25, 0.3) is 10.9 Å². The van der Waals surface area contributed by atoms with Gasteiger partial charge in [-0.25, -0.2) is 20.4 Å². The maximum absolute atomic E-state index is 4.59. The molecule has 5 nitrogen and oxygen atoms in total. The van der Waals surface area contributed by atoms with Crippen LogP contribution in [0.1, 0.15) is 19.2 Å². The van der Waals surface area contributed by atoms with Crippen LogP contribution in [0, 0.1) is 6.92 Å². The molecule has 18 heavy (non-hydrogen) atoms. The minimum Gasteiger partial charge on any atom is -0.309 e. The van der Waals surface area contributed by atoms with Crippen molar-refractivity contribution in [3.63, 3.8) is 0 Å². The fraction of sp³-hybridized carbons (Fsp3) is 0.308. The fourth-order valence-corrected chi connectivity index (χ4v) is 2.06. The van der Waals surface area contributed by atoms with Crippen LogP contribution in [0.5, 0.6) is 0 Å². The molecule has 1 aromatic carbocycles. The highest BCUT2D eigenvalue weighted by Gasteiger charge is 2.15. The van der Waals surface area contributed by atoms with E-state index in [2.05, 4.69) is 32.7 Å². The third-order valence-corrected chi connectivity index (χ3v) is 2.90. The number of benzene rings is 1. The molecular weight excluding hydrogens is 226 g/mol. The predicted octanol–water partition coefficient (Wildman–Crippen LogP) is 1.85. The molecule has 0 radical (unpaired) electrons. The van der Waals surface area contributed by atoms with Gasteiger partial charge in [0.05, 0.1) is 5.52 Å². The van der Waals surface area contributed by atoms with E-state index in [0.29, 0.717) is 6.04 Å². The monoisotopic (exact) mass is 241 g/mol. The second kappa shape index (κ2) is 4.34. The second-order valence-electron chi connectivity index (χ2n) is 4.54. The van der Waals surface area contributed by atoms with Gasteiger partial charge < -0.3 is 5.43 Å². The van der Waals surface area contributed by atoms with Crippen molar-refractivity contribution in [1.82, 2.24) is 20.8 Å². The van der Waals surface area contributed by atoms with Crippen molar-refractivity contribution in [2.75, 3.05) is 0 Å². The summed E-state index contributed by atoms with van der Waals surface area (Å²) >= 11 is 0. The smallest absolute Gasteiger partial charge is 0.165 e. The van der Waals surface area contributed by atoms with Crippen LogP contribution < -0.4 is 10.9 Å². The lowest BCUT2D eigenvalue weighted by Gasteiger charge is -2.03. The molecule has 1 atom stereocenters. The van der Waals surface area contributed by atoms with Crippen molar-refractivity contribution >= 4 is 22.6 Å². The highest BCUT2D eigenvalue weighted by Crippen LogP contribution is 2.23. The first kappa shape index (κ1) is 11.1. The van der Waals surface area contributed by atoms with Crippen LogP contribution in [0.3, 0.4) is 0 Å². The van der Waals surface area contributed by atoms with Gasteiger partial charge in [0.15, 0.2) is 5.82 Å². The number of hydrogen-bond acceptors (Lipinski definition) is 4. The molecule has 1 fully saturated rings. The lowest BCUT2D eigenvalue weighted by molar-refractivity contribution is 0.602. The molecule has 2 heterocycles. The van der Waals surface area contributed by atoms with E-state index in [1.54, 1.807) is 0 Å². The Hall–Kier alpha value is -2.01. The zero-order valence-electron chi connectivity index (χ0n) is 10.4. The highest BCUT2D eigenvalue weighted by atomic mass is 15.4. The highest BCUT2D eigenvalue weighted by molar-refractivity contribution is 5.93. The van der Waals surface area contributed by atoms with Gasteiger partial charge in [-0.05, 0) is 26.0 Å². The molecule has 0 amide bonds. The third kappa shape index (κ3) is 2.04. The molecule has 1 aliphatic heterocycles. The van der Waals surface area contributed by atoms with Crippen molar-refractivity contribution in [2.24, 2.45) is 4.99 Å². The molecule has 1 aromatic heterocycles. The average molecular weight is 241 g/mol. The second-order valence-corrected chi connectivity index (χ2v) is 4.54. The van der Waals surface area contributed by atoms with Gasteiger partial charge in [-0.1, -0.05) is 12.1 Å². The summed E-state index contributed by atoms with van der Waals surface area (Å²) in [4.78, 5) is 13.4. The van der Waals surface area contributed by atoms with Crippen molar-refractivity contribution in [3.8, 4) is 0 Å². The van der Waals surface area contributed by atoms with Crippen LogP contribution in [0.4, 0.5) is 5.82 Å². The molecule has 2 N–H and O–H groups in total. The Kier molecular flexibility index (Phi) is 2.68. The first-order valence-electron chi connectivity index (χ1n) is 6.05. The third-order valence-electron chi connectivity index (χ3n) is 2.90. The maximum atomic E-state index is 4.59. The molecule has 0 spiro atoms. The molecule has 2 aromatic rings. The Morgan fingerprint density at radius 3 is 2.89 bits per heavy atom. The maximum Gasteiger partial charge on any atom is 0.165 e. The number of aliphatic imine (C=N–C) groups is 1. The average Bonchev–Trinajstić information content (AvgIpc) is 2.74. The Balaban J connectivity index is 2.11. The van der Waals surface area contributed by atoms with Gasteiger partial charge in [-0.3, -0.25) is 0 Å². The number of aromatic nitrogens is 2. The first-order chi connectivity index (χ1) is 8.72. The van der Waals surface area contributed by atoms with Gasteiger partial charge in [0.1, 0.15) is 11.7 Å². The number of hydrogen-bond donors (Lipinski definition) is 2. The minimum atomic E-state index is 0.401. The lowest BCUT2D eigenvalue weighted by Crippen LogP contribution is -2.29. The van der Waals surface area contributed by atoms with Crippen LogP contribution in [-0.2, 0) is 0 Å². The molecule has 0 aliphatic carbocycles. The zero-order chi connectivity index (χ0) is 12.5. The number of aryl methyl sites for hydroxylation is 1. The number of hydrazine groups is 1. The molecule has 1 aliphatic rings. The van der Waals surface area contributed by atoms with E-state index in [1.807, 2.05) is 31.2 Å². The minimum absolute atomic E-state index is 0.401. The summed E-state index contributed by atoms with van der Waals surface area (Å²) in [7, 11) is 0. The fourth-order valence-electron chi connectivity index (χ4n) is 2.06. The van der Waals surface area contributed by atoms with Crippen LogP contribution in [0.2, 0.25) is 0 Å². The van der Waals surface area contributed by atoms with Gasteiger partial charge in [0.25, 0.3) is 0 Å². The van der Waals surface area contributed by atoms with E-state index in [4.69, 9.17) is 0 Å². The summed E-state index contributed by atoms with van der Waals surface area (Å²) in [5.41, 5.74) is 7.14. The van der Waals surface area contributed by atoms with Gasteiger partial charge in [0.2, 0.25) is 0 Å². The van der Waals surface area contributed by atoms with E-state index in [9.17, 15) is 0 Å². The van der Waals surface area contributed by atoms with Crippen molar-refractivity contribution in [1.29, 1.82) is 0 Å². The number of nitrogens with one attached hydrogen (secondary N) is 2. The molecule has 3 rings (SSSR count). The normalized spacial score (nSPS) is 21.4. The number of para-hydroxylation sites is 1. The largest absolute Gasteiger partial charge is 0.309 e. The van der Waals surface area contributed by atoms with Gasteiger partial charge in [0, 0.05) is 17.8 Å². The summed E-state index contributed by atoms with van der Waals surface area (Å²) in [5.74, 6) is 2.40. The Morgan fingerprint density at radius 2 is 2.11 bits per heavy atom. The number of fused-ring (bicyclic) bond motifs is 1. The summed E-state index contributed by atoms with van der Waals surface area (Å²) in [6, 6.07) is 8.34. The first-order valence-corrected chi connectivity index (χ1v) is 6.05. The quantitative estimate of drug-likeness (QED) is 0.800. The van der Waals surface area contributed by atoms with Crippen LogP contribution in [-0.4, -0.2) is 21.8 Å². The van der Waals surface area contributed by atoms with E-state index in [-0.39, 0.29) is 0 Å². The van der Waals surface area contributed by atoms with Crippen LogP contribution in [0.15, 0.2) is 29.3 Å². The van der Waals surface area contributed by atoms with Gasteiger partial charge in [-0.2, -0.15) is 0 Å². The van der Waals surface area contributed by atoms with Gasteiger partial charge in [-0.15, -0.1) is 0 Å². The molecular formula is C13H15N5. The summed E-state index contributed by atoms with van der Waals surface area (Å²) in [6.45, 7) is 4.00. The van der Waals surface area contributed by atoms with Crippen LogP contribution >= 0.6 is 0 Å². The van der Waals surface area contributed by atoms with Crippen molar-refractivity contribution in [2.45, 2.75) is 26.3 Å². The molecule has 92 valence electrons. The van der Waals surface area contributed by atoms with E-state index in [0.717, 1.165) is 34.8 Å². The molecule has 0 saturated carbocycles. The zero-order valence-corrected chi connectivity index (χ0v) is 10.4. The number of amidine groups is 1. The number of nitrogens with zero attached hydrogens (tertiary/aromatic N) is 3. The molecule has 1 saturated heterocycles. The van der Waals surface area contributed by atoms with E-state index >= 15 is 0 Å². The van der Waals surface area contributed by atoms with E-state index < -0.39 is 0 Å². The summed E-state index contributed by atoms with van der Waals surface area (Å²) in [6.07, 6.45) is 0.886. The SMILES string of the molecule is Cc1nc(N=C2CC(C)NN2)c2ccccc2n1. The van der Waals surface area contributed by atoms with Crippen molar-refractivity contribution < 1.29 is 0 Å². The summed E-state index contributed by atoms with van der Waals surface area (Å²) < 4.78 is 0. The summed E-state index contributed by atoms with van der Waals surface area (Å²) in [5, 5.41) is 0.983. The van der Waals surface area contributed by atoms with E-state index in [1.165, 1.54) is 0 Å². The molecule has 1 unspecified atom stereocenters. The Bertz CT molecular complexity index is 620. The topological polar surface area (TPSA) is 62.2 Å². The molecule has 0 bridgehead atoms.